The second kappa shape index (κ2) is 11.0. The summed E-state index contributed by atoms with van der Waals surface area (Å²) in [6, 6.07) is 9.17. The Morgan fingerprint density at radius 2 is 2.22 bits per heavy atom. The van der Waals surface area contributed by atoms with Crippen molar-refractivity contribution in [3.05, 3.63) is 35.4 Å². The minimum absolute atomic E-state index is 0. The van der Waals surface area contributed by atoms with E-state index in [1.165, 1.54) is 24.8 Å². The SMILES string of the molecule is CCC(C)NC(=O)c1cccc(CNC2CCCC2C2COCCN2)c1.Cl. The maximum Gasteiger partial charge on any atom is 0.251 e. The summed E-state index contributed by atoms with van der Waals surface area (Å²) >= 11 is 0. The van der Waals surface area contributed by atoms with Crippen LogP contribution in [0.4, 0.5) is 0 Å². The minimum atomic E-state index is 0. The Morgan fingerprint density at radius 1 is 1.37 bits per heavy atom. The van der Waals surface area contributed by atoms with Gasteiger partial charge in [-0.15, -0.1) is 12.4 Å². The van der Waals surface area contributed by atoms with E-state index in [-0.39, 0.29) is 24.4 Å². The molecule has 27 heavy (non-hydrogen) atoms. The Kier molecular flexibility index (Phi) is 9.03. The van der Waals surface area contributed by atoms with Gasteiger partial charge in [-0.2, -0.15) is 0 Å². The third kappa shape index (κ3) is 6.18. The Hall–Kier alpha value is -1.14. The van der Waals surface area contributed by atoms with Crippen molar-refractivity contribution >= 4 is 18.3 Å². The maximum absolute atomic E-state index is 12.3. The van der Waals surface area contributed by atoms with Crippen LogP contribution in [-0.2, 0) is 11.3 Å². The molecule has 1 aromatic carbocycles. The summed E-state index contributed by atoms with van der Waals surface area (Å²) < 4.78 is 5.65. The zero-order valence-electron chi connectivity index (χ0n) is 16.5. The number of hydrogen-bond donors (Lipinski definition) is 3. The van der Waals surface area contributed by atoms with Gasteiger partial charge in [0.2, 0.25) is 0 Å². The lowest BCUT2D eigenvalue weighted by Crippen LogP contribution is -2.50. The van der Waals surface area contributed by atoms with Crippen molar-refractivity contribution in [2.45, 2.75) is 64.2 Å². The first-order valence-corrected chi connectivity index (χ1v) is 10.1. The number of nitrogens with one attached hydrogen (secondary N) is 3. The number of morpholine rings is 1. The van der Waals surface area contributed by atoms with Crippen molar-refractivity contribution in [3.63, 3.8) is 0 Å². The van der Waals surface area contributed by atoms with Crippen LogP contribution in [-0.4, -0.2) is 43.8 Å². The molecule has 3 rings (SSSR count). The van der Waals surface area contributed by atoms with Crippen molar-refractivity contribution in [1.29, 1.82) is 0 Å². The molecule has 0 bridgehead atoms. The van der Waals surface area contributed by atoms with Gasteiger partial charge in [0.05, 0.1) is 13.2 Å². The lowest BCUT2D eigenvalue weighted by Gasteiger charge is -2.33. The fourth-order valence-electron chi connectivity index (χ4n) is 4.07. The number of carbonyl (C=O) groups excluding carboxylic acids is 1. The van der Waals surface area contributed by atoms with Crippen molar-refractivity contribution < 1.29 is 9.53 Å². The highest BCUT2D eigenvalue weighted by atomic mass is 35.5. The molecule has 1 aliphatic heterocycles. The normalized spacial score (nSPS) is 26.2. The van der Waals surface area contributed by atoms with Crippen LogP contribution >= 0.6 is 12.4 Å². The van der Waals surface area contributed by atoms with Gasteiger partial charge in [0.1, 0.15) is 0 Å². The maximum atomic E-state index is 12.3. The quantitative estimate of drug-likeness (QED) is 0.664. The van der Waals surface area contributed by atoms with Gasteiger partial charge in [-0.1, -0.05) is 25.5 Å². The smallest absolute Gasteiger partial charge is 0.251 e. The Bertz CT molecular complexity index is 593. The first-order valence-electron chi connectivity index (χ1n) is 10.1. The molecule has 4 unspecified atom stereocenters. The molecule has 6 heteroatoms. The number of amides is 1. The van der Waals surface area contributed by atoms with E-state index >= 15 is 0 Å². The lowest BCUT2D eigenvalue weighted by molar-refractivity contribution is 0.0524. The van der Waals surface area contributed by atoms with Gasteiger partial charge < -0.3 is 20.7 Å². The average molecular weight is 396 g/mol. The van der Waals surface area contributed by atoms with E-state index in [1.807, 2.05) is 25.1 Å². The Morgan fingerprint density at radius 3 is 2.96 bits per heavy atom. The summed E-state index contributed by atoms with van der Waals surface area (Å²) in [6.07, 6.45) is 4.69. The zero-order valence-corrected chi connectivity index (χ0v) is 17.3. The van der Waals surface area contributed by atoms with E-state index in [4.69, 9.17) is 4.74 Å². The van der Waals surface area contributed by atoms with Crippen LogP contribution in [0.25, 0.3) is 0 Å². The molecule has 1 heterocycles. The van der Waals surface area contributed by atoms with Crippen LogP contribution in [0.2, 0.25) is 0 Å². The van der Waals surface area contributed by atoms with Gasteiger partial charge in [-0.3, -0.25) is 4.79 Å². The molecular weight excluding hydrogens is 362 g/mol. The number of ether oxygens (including phenoxy) is 1. The molecule has 1 amide bonds. The molecule has 1 saturated carbocycles. The first-order chi connectivity index (χ1) is 12.7. The van der Waals surface area contributed by atoms with Gasteiger partial charge in [-0.05, 0) is 49.8 Å². The molecule has 1 aliphatic carbocycles. The standard InChI is InChI=1S/C21H33N3O2.ClH/c1-3-15(2)24-21(25)17-7-4-6-16(12-17)13-23-19-9-5-8-18(19)20-14-26-11-10-22-20;/h4,6-7,12,15,18-20,22-23H,3,5,8-11,13-14H2,1-2H3,(H,24,25);1H. The second-order valence-corrected chi connectivity index (χ2v) is 7.70. The molecule has 0 aromatic heterocycles. The van der Waals surface area contributed by atoms with E-state index in [1.54, 1.807) is 0 Å². The third-order valence-corrected chi connectivity index (χ3v) is 5.78. The zero-order chi connectivity index (χ0) is 18.4. The summed E-state index contributed by atoms with van der Waals surface area (Å²) in [7, 11) is 0. The molecule has 2 aliphatic rings. The molecular formula is C21H34ClN3O2. The lowest BCUT2D eigenvalue weighted by atomic mass is 9.94. The largest absolute Gasteiger partial charge is 0.379 e. The van der Waals surface area contributed by atoms with Crippen LogP contribution in [0, 0.1) is 5.92 Å². The van der Waals surface area contributed by atoms with E-state index in [9.17, 15) is 4.79 Å². The predicted molar refractivity (Wildman–Crippen MR) is 111 cm³/mol. The summed E-state index contributed by atoms with van der Waals surface area (Å²) in [5, 5.41) is 10.4. The fraction of sp³-hybridized carbons (Fsp3) is 0.667. The molecule has 152 valence electrons. The molecule has 0 radical (unpaired) electrons. The highest BCUT2D eigenvalue weighted by Crippen LogP contribution is 2.29. The van der Waals surface area contributed by atoms with Gasteiger partial charge in [0, 0.05) is 36.8 Å². The number of rotatable bonds is 7. The first kappa shape index (κ1) is 22.2. The van der Waals surface area contributed by atoms with E-state index in [0.29, 0.717) is 18.0 Å². The summed E-state index contributed by atoms with van der Waals surface area (Å²) in [6.45, 7) is 7.53. The van der Waals surface area contributed by atoms with E-state index in [0.717, 1.165) is 38.3 Å². The molecule has 3 N–H and O–H groups in total. The van der Waals surface area contributed by atoms with Crippen LogP contribution in [0.15, 0.2) is 24.3 Å². The monoisotopic (exact) mass is 395 g/mol. The summed E-state index contributed by atoms with van der Waals surface area (Å²) in [5.41, 5.74) is 1.91. The second-order valence-electron chi connectivity index (χ2n) is 7.70. The van der Waals surface area contributed by atoms with Gasteiger partial charge in [0.25, 0.3) is 5.91 Å². The van der Waals surface area contributed by atoms with Crippen LogP contribution in [0.3, 0.4) is 0 Å². The minimum Gasteiger partial charge on any atom is -0.379 e. The van der Waals surface area contributed by atoms with E-state index in [2.05, 4.69) is 28.9 Å². The number of benzene rings is 1. The molecule has 4 atom stereocenters. The number of carbonyl (C=O) groups is 1. The third-order valence-electron chi connectivity index (χ3n) is 5.78. The van der Waals surface area contributed by atoms with E-state index < -0.39 is 0 Å². The fourth-order valence-corrected chi connectivity index (χ4v) is 4.07. The van der Waals surface area contributed by atoms with Gasteiger partial charge in [-0.25, -0.2) is 0 Å². The molecule has 1 aromatic rings. The number of halogens is 1. The molecule has 5 nitrogen and oxygen atoms in total. The van der Waals surface area contributed by atoms with Gasteiger partial charge in [0.15, 0.2) is 0 Å². The van der Waals surface area contributed by atoms with Crippen molar-refractivity contribution in [2.75, 3.05) is 19.8 Å². The summed E-state index contributed by atoms with van der Waals surface area (Å²) in [5.74, 6) is 0.649. The van der Waals surface area contributed by atoms with Crippen molar-refractivity contribution in [3.8, 4) is 0 Å². The van der Waals surface area contributed by atoms with Crippen LogP contribution in [0.5, 0.6) is 0 Å². The van der Waals surface area contributed by atoms with Crippen molar-refractivity contribution in [2.24, 2.45) is 5.92 Å². The highest BCUT2D eigenvalue weighted by molar-refractivity contribution is 5.94. The molecule has 0 spiro atoms. The highest BCUT2D eigenvalue weighted by Gasteiger charge is 2.34. The Labute approximate surface area is 169 Å². The van der Waals surface area contributed by atoms with Crippen molar-refractivity contribution in [1.82, 2.24) is 16.0 Å². The number of hydrogen-bond acceptors (Lipinski definition) is 4. The average Bonchev–Trinajstić information content (AvgIpc) is 3.15. The molecule has 2 fully saturated rings. The molecule has 1 saturated heterocycles. The van der Waals surface area contributed by atoms with Crippen LogP contribution < -0.4 is 16.0 Å². The van der Waals surface area contributed by atoms with Gasteiger partial charge >= 0.3 is 0 Å². The Balaban J connectivity index is 0.00000261. The predicted octanol–water partition coefficient (Wildman–Crippen LogP) is 2.88. The topological polar surface area (TPSA) is 62.4 Å². The summed E-state index contributed by atoms with van der Waals surface area (Å²) in [4.78, 5) is 12.3. The van der Waals surface area contributed by atoms with Crippen LogP contribution in [0.1, 0.15) is 55.5 Å².